The average Bonchev–Trinajstić information content (AvgIpc) is 2.77. The molecule has 0 aliphatic carbocycles. The minimum atomic E-state index is -0.950. The second-order valence-corrected chi connectivity index (χ2v) is 4.59. The molecule has 0 radical (unpaired) electrons. The van der Waals surface area contributed by atoms with Gasteiger partial charge in [0.25, 0.3) is 5.91 Å². The van der Waals surface area contributed by atoms with E-state index in [1.54, 1.807) is 0 Å². The van der Waals surface area contributed by atoms with Gasteiger partial charge in [-0.15, -0.1) is 0 Å². The van der Waals surface area contributed by atoms with Crippen molar-refractivity contribution in [2.45, 2.75) is 33.2 Å². The number of rotatable bonds is 6. The molecule has 0 saturated heterocycles. The van der Waals surface area contributed by atoms with Crippen LogP contribution in [0.3, 0.4) is 0 Å². The Morgan fingerprint density at radius 3 is 2.42 bits per heavy atom. The molecular formula is C13H18N2O4. The first-order chi connectivity index (χ1) is 8.82. The summed E-state index contributed by atoms with van der Waals surface area (Å²) in [4.78, 5) is 38.2. The molecule has 6 nitrogen and oxygen atoms in total. The molecule has 6 heteroatoms. The summed E-state index contributed by atoms with van der Waals surface area (Å²) < 4.78 is 0. The minimum absolute atomic E-state index is 0.107. The highest BCUT2D eigenvalue weighted by Crippen LogP contribution is 2.11. The summed E-state index contributed by atoms with van der Waals surface area (Å²) in [6.45, 7) is 5.19. The van der Waals surface area contributed by atoms with Crippen LogP contribution in [-0.2, 0) is 4.79 Å². The fourth-order valence-electron chi connectivity index (χ4n) is 1.69. The van der Waals surface area contributed by atoms with E-state index < -0.39 is 5.97 Å². The molecule has 1 amide bonds. The number of hydrogen-bond donors (Lipinski definition) is 2. The summed E-state index contributed by atoms with van der Waals surface area (Å²) in [5, 5.41) is 8.68. The molecule has 19 heavy (non-hydrogen) atoms. The third kappa shape index (κ3) is 3.94. The summed E-state index contributed by atoms with van der Waals surface area (Å²) in [7, 11) is 0. The molecule has 0 fully saturated rings. The van der Waals surface area contributed by atoms with E-state index in [-0.39, 0.29) is 30.7 Å². The minimum Gasteiger partial charge on any atom is -0.481 e. The van der Waals surface area contributed by atoms with Crippen molar-refractivity contribution in [3.8, 4) is 0 Å². The lowest BCUT2D eigenvalue weighted by Crippen LogP contribution is -2.38. The van der Waals surface area contributed by atoms with E-state index >= 15 is 0 Å². The van der Waals surface area contributed by atoms with Gasteiger partial charge in [-0.05, 0) is 26.8 Å². The summed E-state index contributed by atoms with van der Waals surface area (Å²) in [6.07, 6.45) is 1.37. The number of aliphatic carboxylic acids is 1. The molecule has 104 valence electrons. The first-order valence-electron chi connectivity index (χ1n) is 6.05. The Balaban J connectivity index is 2.86. The fraction of sp³-hybridized carbons (Fsp3) is 0.462. The zero-order valence-electron chi connectivity index (χ0n) is 11.3. The van der Waals surface area contributed by atoms with Crippen LogP contribution in [0, 0.1) is 0 Å². The zero-order chi connectivity index (χ0) is 14.6. The van der Waals surface area contributed by atoms with E-state index in [0.717, 1.165) is 0 Å². The van der Waals surface area contributed by atoms with Gasteiger partial charge in [0.1, 0.15) is 5.69 Å². The van der Waals surface area contributed by atoms with Gasteiger partial charge in [-0.2, -0.15) is 0 Å². The fourth-order valence-corrected chi connectivity index (χ4v) is 1.69. The molecule has 0 saturated carbocycles. The van der Waals surface area contributed by atoms with E-state index in [2.05, 4.69) is 4.98 Å². The number of H-pyrrole nitrogens is 1. The number of carboxylic acids is 1. The molecule has 0 aliphatic heterocycles. The van der Waals surface area contributed by atoms with Gasteiger partial charge in [0.15, 0.2) is 5.78 Å². The van der Waals surface area contributed by atoms with Crippen LogP contribution < -0.4 is 0 Å². The van der Waals surface area contributed by atoms with E-state index in [1.165, 1.54) is 24.1 Å². The molecular weight excluding hydrogens is 248 g/mol. The van der Waals surface area contributed by atoms with Crippen molar-refractivity contribution in [3.05, 3.63) is 23.5 Å². The molecule has 1 aromatic heterocycles. The maximum absolute atomic E-state index is 12.2. The van der Waals surface area contributed by atoms with Crippen molar-refractivity contribution >= 4 is 17.7 Å². The number of nitrogens with one attached hydrogen (secondary N) is 1. The van der Waals surface area contributed by atoms with Gasteiger partial charge in [0.2, 0.25) is 0 Å². The van der Waals surface area contributed by atoms with Gasteiger partial charge >= 0.3 is 5.97 Å². The highest BCUT2D eigenvalue weighted by atomic mass is 16.4. The number of ketones is 1. The first-order valence-corrected chi connectivity index (χ1v) is 6.05. The van der Waals surface area contributed by atoms with Crippen LogP contribution in [0.15, 0.2) is 12.3 Å². The van der Waals surface area contributed by atoms with Gasteiger partial charge in [0.05, 0.1) is 6.42 Å². The summed E-state index contributed by atoms with van der Waals surface area (Å²) in [6, 6.07) is 1.37. The van der Waals surface area contributed by atoms with Gasteiger partial charge in [-0.1, -0.05) is 0 Å². The van der Waals surface area contributed by atoms with Crippen molar-refractivity contribution in [3.63, 3.8) is 0 Å². The Kier molecular flexibility index (Phi) is 4.86. The van der Waals surface area contributed by atoms with Crippen LogP contribution in [-0.4, -0.2) is 45.2 Å². The second-order valence-electron chi connectivity index (χ2n) is 4.59. The number of nitrogens with zero attached hydrogens (tertiary/aromatic N) is 1. The van der Waals surface area contributed by atoms with Gasteiger partial charge in [-0.25, -0.2) is 0 Å². The quantitative estimate of drug-likeness (QED) is 0.764. The molecule has 1 aromatic rings. The third-order valence-corrected chi connectivity index (χ3v) is 2.77. The number of Topliss-reactive ketones (excluding diaryl/α,β-unsaturated/α-hetero) is 1. The summed E-state index contributed by atoms with van der Waals surface area (Å²) in [5.74, 6) is -1.38. The number of hydrogen-bond acceptors (Lipinski definition) is 3. The third-order valence-electron chi connectivity index (χ3n) is 2.77. The smallest absolute Gasteiger partial charge is 0.305 e. The summed E-state index contributed by atoms with van der Waals surface area (Å²) >= 11 is 0. The lowest BCUT2D eigenvalue weighted by Gasteiger charge is -2.25. The molecule has 0 bridgehead atoms. The Hall–Kier alpha value is -2.11. The van der Waals surface area contributed by atoms with E-state index in [0.29, 0.717) is 11.3 Å². The highest BCUT2D eigenvalue weighted by molar-refractivity contribution is 5.99. The van der Waals surface area contributed by atoms with Crippen LogP contribution in [0.25, 0.3) is 0 Å². The first kappa shape index (κ1) is 14.9. The van der Waals surface area contributed by atoms with Crippen LogP contribution >= 0.6 is 0 Å². The Morgan fingerprint density at radius 2 is 2.00 bits per heavy atom. The lowest BCUT2D eigenvalue weighted by molar-refractivity contribution is -0.137. The molecule has 1 heterocycles. The van der Waals surface area contributed by atoms with Gasteiger partial charge in [0, 0.05) is 24.3 Å². The Bertz CT molecular complexity index is 491. The molecule has 0 atom stereocenters. The second kappa shape index (κ2) is 6.17. The largest absolute Gasteiger partial charge is 0.481 e. The van der Waals surface area contributed by atoms with Crippen molar-refractivity contribution in [2.24, 2.45) is 0 Å². The maximum atomic E-state index is 12.2. The zero-order valence-corrected chi connectivity index (χ0v) is 11.3. The van der Waals surface area contributed by atoms with Crippen molar-refractivity contribution in [2.75, 3.05) is 6.54 Å². The topological polar surface area (TPSA) is 90.5 Å². The standard InChI is InChI=1S/C13H18N2O4/c1-8(2)15(5-4-12(17)18)13(19)11-6-10(7-14-11)9(3)16/h6-8,14H,4-5H2,1-3H3,(H,17,18). The van der Waals surface area contributed by atoms with E-state index in [4.69, 9.17) is 5.11 Å². The van der Waals surface area contributed by atoms with Crippen LogP contribution in [0.2, 0.25) is 0 Å². The average molecular weight is 266 g/mol. The lowest BCUT2D eigenvalue weighted by atomic mass is 10.2. The predicted octanol–water partition coefficient (Wildman–Crippen LogP) is 1.54. The highest BCUT2D eigenvalue weighted by Gasteiger charge is 2.21. The Morgan fingerprint density at radius 1 is 1.37 bits per heavy atom. The maximum Gasteiger partial charge on any atom is 0.305 e. The van der Waals surface area contributed by atoms with Gasteiger partial charge < -0.3 is 15.0 Å². The molecule has 0 aromatic carbocycles. The number of aromatic nitrogens is 1. The van der Waals surface area contributed by atoms with Crippen LogP contribution in [0.1, 0.15) is 48.0 Å². The number of aromatic amines is 1. The molecule has 0 aliphatic rings. The van der Waals surface area contributed by atoms with Crippen LogP contribution in [0.4, 0.5) is 0 Å². The SMILES string of the molecule is CC(=O)c1c[nH]c(C(=O)N(CCC(=O)O)C(C)C)c1. The predicted molar refractivity (Wildman–Crippen MR) is 69.2 cm³/mol. The normalized spacial score (nSPS) is 10.5. The number of carbonyl (C=O) groups excluding carboxylic acids is 2. The molecule has 2 N–H and O–H groups in total. The van der Waals surface area contributed by atoms with E-state index in [9.17, 15) is 14.4 Å². The van der Waals surface area contributed by atoms with Crippen molar-refractivity contribution < 1.29 is 19.5 Å². The summed E-state index contributed by atoms with van der Waals surface area (Å²) in [5.41, 5.74) is 0.731. The molecule has 0 unspecified atom stereocenters. The van der Waals surface area contributed by atoms with E-state index in [1.807, 2.05) is 13.8 Å². The molecule has 0 spiro atoms. The number of carboxylic acid groups (broad SMARTS) is 1. The monoisotopic (exact) mass is 266 g/mol. The number of amides is 1. The molecule has 1 rings (SSSR count). The van der Waals surface area contributed by atoms with Crippen LogP contribution in [0.5, 0.6) is 0 Å². The van der Waals surface area contributed by atoms with Crippen molar-refractivity contribution in [1.82, 2.24) is 9.88 Å². The Labute approximate surface area is 111 Å². The van der Waals surface area contributed by atoms with Crippen molar-refractivity contribution in [1.29, 1.82) is 0 Å². The number of carbonyl (C=O) groups is 3. The van der Waals surface area contributed by atoms with Gasteiger partial charge in [-0.3, -0.25) is 14.4 Å².